The molecule has 4 heterocycles. The van der Waals surface area contributed by atoms with Crippen molar-refractivity contribution in [2.75, 3.05) is 31.1 Å². The lowest BCUT2D eigenvalue weighted by atomic mass is 10.1. The minimum absolute atomic E-state index is 0.00914. The van der Waals surface area contributed by atoms with Gasteiger partial charge in [-0.25, -0.2) is 9.97 Å². The zero-order valence-electron chi connectivity index (χ0n) is 16.8. The van der Waals surface area contributed by atoms with Gasteiger partial charge in [-0.05, 0) is 57.2 Å². The van der Waals surface area contributed by atoms with Crippen LogP contribution in [0, 0.1) is 17.0 Å². The highest BCUT2D eigenvalue weighted by atomic mass is 16.6. The second kappa shape index (κ2) is 8.55. The van der Waals surface area contributed by atoms with Gasteiger partial charge in [-0.15, -0.1) is 0 Å². The van der Waals surface area contributed by atoms with Gasteiger partial charge >= 0.3 is 5.69 Å². The fourth-order valence-electron chi connectivity index (χ4n) is 4.10. The van der Waals surface area contributed by atoms with Gasteiger partial charge in [0.15, 0.2) is 0 Å². The molecule has 0 aromatic carbocycles. The van der Waals surface area contributed by atoms with Crippen LogP contribution in [0.25, 0.3) is 11.8 Å². The largest absolute Gasteiger partial charge is 0.370 e. The van der Waals surface area contributed by atoms with Gasteiger partial charge in [-0.2, -0.15) is 0 Å². The van der Waals surface area contributed by atoms with E-state index < -0.39 is 0 Å². The van der Waals surface area contributed by atoms with E-state index in [9.17, 15) is 10.1 Å². The van der Waals surface area contributed by atoms with Crippen LogP contribution in [0.4, 0.5) is 11.5 Å². The first kappa shape index (κ1) is 19.3. The summed E-state index contributed by atoms with van der Waals surface area (Å²) in [5.74, 6) is 0.986. The lowest BCUT2D eigenvalue weighted by Gasteiger charge is -2.27. The number of pyridine rings is 1. The molecule has 2 fully saturated rings. The van der Waals surface area contributed by atoms with E-state index in [0.29, 0.717) is 17.3 Å². The molecule has 0 aliphatic carbocycles. The van der Waals surface area contributed by atoms with Crippen LogP contribution in [-0.2, 0) is 0 Å². The molecule has 2 aromatic rings. The average Bonchev–Trinajstić information content (AvgIpc) is 3.27. The highest BCUT2D eigenvalue weighted by molar-refractivity contribution is 5.83. The van der Waals surface area contributed by atoms with E-state index in [-0.39, 0.29) is 10.6 Å². The van der Waals surface area contributed by atoms with Gasteiger partial charge in [0.05, 0.1) is 16.3 Å². The number of nitro groups is 1. The van der Waals surface area contributed by atoms with Gasteiger partial charge in [0.25, 0.3) is 0 Å². The average molecular weight is 394 g/mol. The van der Waals surface area contributed by atoms with E-state index in [1.165, 1.54) is 0 Å². The van der Waals surface area contributed by atoms with E-state index in [2.05, 4.69) is 19.9 Å². The van der Waals surface area contributed by atoms with Gasteiger partial charge in [0.2, 0.25) is 5.82 Å². The molecule has 0 atom stereocenters. The number of nitrogens with zero attached hydrogens (tertiary/aromatic N) is 6. The van der Waals surface area contributed by atoms with Crippen molar-refractivity contribution >= 4 is 23.3 Å². The predicted molar refractivity (Wildman–Crippen MR) is 112 cm³/mol. The molecular weight excluding hydrogens is 368 g/mol. The molecule has 29 heavy (non-hydrogen) atoms. The molecule has 2 aliphatic heterocycles. The summed E-state index contributed by atoms with van der Waals surface area (Å²) >= 11 is 0. The monoisotopic (exact) mass is 394 g/mol. The number of hydrogen-bond acceptors (Lipinski definition) is 7. The van der Waals surface area contributed by atoms with Crippen LogP contribution in [0.15, 0.2) is 24.4 Å². The fourth-order valence-corrected chi connectivity index (χ4v) is 4.10. The van der Waals surface area contributed by atoms with Crippen LogP contribution in [0.1, 0.15) is 49.3 Å². The number of likely N-dealkylation sites (tertiary alicyclic amines) is 1. The van der Waals surface area contributed by atoms with Crippen LogP contribution in [-0.4, -0.2) is 51.0 Å². The number of anilines is 1. The van der Waals surface area contributed by atoms with Crippen LogP contribution >= 0.6 is 0 Å². The van der Waals surface area contributed by atoms with Gasteiger partial charge in [-0.1, -0.05) is 6.07 Å². The third kappa shape index (κ3) is 4.21. The molecule has 8 nitrogen and oxygen atoms in total. The summed E-state index contributed by atoms with van der Waals surface area (Å²) in [6, 6.07) is 5.75. The molecule has 2 saturated heterocycles. The molecule has 0 bridgehead atoms. The Labute approximate surface area is 170 Å². The minimum Gasteiger partial charge on any atom is -0.370 e. The number of piperidine rings is 1. The van der Waals surface area contributed by atoms with Crippen molar-refractivity contribution in [3.8, 4) is 0 Å². The van der Waals surface area contributed by atoms with Crippen molar-refractivity contribution in [1.29, 1.82) is 0 Å². The van der Waals surface area contributed by atoms with Crippen molar-refractivity contribution < 1.29 is 4.92 Å². The maximum Gasteiger partial charge on any atom is 0.337 e. The van der Waals surface area contributed by atoms with E-state index in [1.54, 1.807) is 13.1 Å². The smallest absolute Gasteiger partial charge is 0.337 e. The van der Waals surface area contributed by atoms with Crippen LogP contribution in [0.2, 0.25) is 0 Å². The molecule has 0 N–H and O–H groups in total. The predicted octanol–water partition coefficient (Wildman–Crippen LogP) is 3.67. The first-order valence-electron chi connectivity index (χ1n) is 10.3. The second-order valence-corrected chi connectivity index (χ2v) is 7.57. The van der Waals surface area contributed by atoms with Crippen LogP contribution in [0.3, 0.4) is 0 Å². The van der Waals surface area contributed by atoms with Crippen molar-refractivity contribution in [1.82, 2.24) is 19.9 Å². The zero-order valence-corrected chi connectivity index (χ0v) is 16.8. The molecule has 0 spiro atoms. The minimum atomic E-state index is -0.338. The van der Waals surface area contributed by atoms with Crippen molar-refractivity contribution in [3.05, 3.63) is 51.7 Å². The molecule has 8 heteroatoms. The Balaban J connectivity index is 1.85. The van der Waals surface area contributed by atoms with Gasteiger partial charge in [0, 0.05) is 32.4 Å². The molecular formula is C21H26N6O2. The fraction of sp³-hybridized carbons (Fsp3) is 0.476. The lowest BCUT2D eigenvalue weighted by Crippen LogP contribution is -2.31. The third-order valence-electron chi connectivity index (χ3n) is 5.49. The summed E-state index contributed by atoms with van der Waals surface area (Å²) in [6.45, 7) is 5.21. The molecule has 0 radical (unpaired) electrons. The number of rotatable bonds is 5. The highest BCUT2D eigenvalue weighted by Crippen LogP contribution is 2.34. The number of aromatic nitrogens is 3. The standard InChI is InChI=1S/C21H26N6O2/c1-16-23-18(20(27(28)29)21(24-16)26-13-5-2-6-14-26)15-19(25-11-7-8-12-25)17-9-3-4-10-22-17/h3-4,9-10,15H,2,5-8,11-14H2,1H3/b19-15-. The van der Waals surface area contributed by atoms with Crippen molar-refractivity contribution in [2.45, 2.75) is 39.0 Å². The van der Waals surface area contributed by atoms with E-state index in [4.69, 9.17) is 0 Å². The topological polar surface area (TPSA) is 88.3 Å². The molecule has 0 unspecified atom stereocenters. The van der Waals surface area contributed by atoms with Crippen molar-refractivity contribution in [3.63, 3.8) is 0 Å². The Kier molecular flexibility index (Phi) is 5.69. The van der Waals surface area contributed by atoms with Crippen LogP contribution < -0.4 is 4.90 Å². The summed E-state index contributed by atoms with van der Waals surface area (Å²) in [7, 11) is 0. The molecule has 0 amide bonds. The number of aryl methyl sites for hydroxylation is 1. The van der Waals surface area contributed by atoms with E-state index >= 15 is 0 Å². The molecule has 2 aliphatic rings. The van der Waals surface area contributed by atoms with Gasteiger partial charge in [-0.3, -0.25) is 15.1 Å². The second-order valence-electron chi connectivity index (χ2n) is 7.57. The Hall–Kier alpha value is -3.03. The van der Waals surface area contributed by atoms with Gasteiger partial charge in [0.1, 0.15) is 11.5 Å². The maximum absolute atomic E-state index is 12.1. The normalized spacial score (nSPS) is 17.6. The Morgan fingerprint density at radius 2 is 1.79 bits per heavy atom. The molecule has 152 valence electrons. The first-order valence-corrected chi connectivity index (χ1v) is 10.3. The summed E-state index contributed by atoms with van der Waals surface area (Å²) in [4.78, 5) is 29.5. The summed E-state index contributed by atoms with van der Waals surface area (Å²) in [5.41, 5.74) is 2.04. The zero-order chi connectivity index (χ0) is 20.2. The third-order valence-corrected chi connectivity index (χ3v) is 5.49. The van der Waals surface area contributed by atoms with Crippen LogP contribution in [0.5, 0.6) is 0 Å². The first-order chi connectivity index (χ1) is 14.1. The maximum atomic E-state index is 12.1. The van der Waals surface area contributed by atoms with Crippen molar-refractivity contribution in [2.24, 2.45) is 0 Å². The quantitative estimate of drug-likeness (QED) is 0.565. The lowest BCUT2D eigenvalue weighted by molar-refractivity contribution is -0.384. The molecule has 4 rings (SSSR count). The molecule has 0 saturated carbocycles. The van der Waals surface area contributed by atoms with E-state index in [1.807, 2.05) is 29.2 Å². The summed E-state index contributed by atoms with van der Waals surface area (Å²) < 4.78 is 0. The Morgan fingerprint density at radius 1 is 1.07 bits per heavy atom. The Bertz CT molecular complexity index is 903. The highest BCUT2D eigenvalue weighted by Gasteiger charge is 2.29. The summed E-state index contributed by atoms with van der Waals surface area (Å²) in [5, 5.41) is 12.1. The number of hydrogen-bond donors (Lipinski definition) is 0. The SMILES string of the molecule is Cc1nc(/C=C(/c2ccccn2)N2CCCC2)c([N+](=O)[O-])c(N2CCCCC2)n1. The summed E-state index contributed by atoms with van der Waals surface area (Å²) in [6.07, 6.45) is 8.99. The Morgan fingerprint density at radius 3 is 2.45 bits per heavy atom. The van der Waals surface area contributed by atoms with Gasteiger partial charge < -0.3 is 9.80 Å². The van der Waals surface area contributed by atoms with E-state index in [0.717, 1.165) is 69.7 Å². The molecule has 2 aromatic heterocycles.